The number of nitrogens with one attached hydrogen (secondary N) is 1. The second kappa shape index (κ2) is 4.96. The minimum absolute atomic E-state index is 0.217. The minimum Gasteiger partial charge on any atom is -0.457 e. The van der Waals surface area contributed by atoms with Crippen molar-refractivity contribution in [2.24, 2.45) is 0 Å². The summed E-state index contributed by atoms with van der Waals surface area (Å²) in [5, 5.41) is 1.82. The van der Waals surface area contributed by atoms with Gasteiger partial charge in [-0.15, -0.1) is 0 Å². The molecule has 2 aromatic rings. The van der Waals surface area contributed by atoms with Gasteiger partial charge in [0.15, 0.2) is 11.5 Å². The second-order valence-electron chi connectivity index (χ2n) is 4.62. The molecule has 1 aromatic carbocycles. The summed E-state index contributed by atoms with van der Waals surface area (Å²) in [6, 6.07) is 9.05. The molecule has 0 bridgehead atoms. The van der Waals surface area contributed by atoms with Crippen molar-refractivity contribution in [2.45, 2.75) is 0 Å². The average Bonchev–Trinajstić information content (AvgIpc) is 3.19. The molecule has 1 N–H and O–H groups in total. The molecule has 22 heavy (non-hydrogen) atoms. The van der Waals surface area contributed by atoms with Gasteiger partial charge in [-0.2, -0.15) is 0 Å². The van der Waals surface area contributed by atoms with Gasteiger partial charge in [0.05, 0.1) is 4.91 Å². The van der Waals surface area contributed by atoms with E-state index in [1.807, 2.05) is 18.2 Å². The number of hydrogen-bond acceptors (Lipinski definition) is 6. The van der Waals surface area contributed by atoms with Crippen molar-refractivity contribution in [3.8, 4) is 22.8 Å². The van der Waals surface area contributed by atoms with Crippen LogP contribution in [0.5, 0.6) is 11.5 Å². The molecule has 0 atom stereocenters. The van der Waals surface area contributed by atoms with Gasteiger partial charge < -0.3 is 13.9 Å². The van der Waals surface area contributed by atoms with Crippen molar-refractivity contribution in [3.63, 3.8) is 0 Å². The van der Waals surface area contributed by atoms with E-state index in [-0.39, 0.29) is 12.0 Å². The Labute approximate surface area is 129 Å². The van der Waals surface area contributed by atoms with Crippen LogP contribution in [-0.4, -0.2) is 17.9 Å². The van der Waals surface area contributed by atoms with Crippen LogP contribution in [0.15, 0.2) is 39.7 Å². The summed E-state index contributed by atoms with van der Waals surface area (Å²) in [5.74, 6) is 2.11. The molecule has 2 amide bonds. The number of rotatable bonds is 2. The number of imide groups is 1. The summed E-state index contributed by atoms with van der Waals surface area (Å²) in [4.78, 5) is 22.9. The molecule has 0 radical (unpaired) electrons. The normalized spacial score (nSPS) is 18.1. The third kappa shape index (κ3) is 2.25. The summed E-state index contributed by atoms with van der Waals surface area (Å²) < 4.78 is 16.3. The Morgan fingerprint density at radius 3 is 2.77 bits per heavy atom. The van der Waals surface area contributed by atoms with Gasteiger partial charge >= 0.3 is 0 Å². The predicted octanol–water partition coefficient (Wildman–Crippen LogP) is 3.00. The molecular weight excluding hydrogens is 306 g/mol. The van der Waals surface area contributed by atoms with Gasteiger partial charge in [-0.3, -0.25) is 14.9 Å². The van der Waals surface area contributed by atoms with Crippen LogP contribution in [0.3, 0.4) is 0 Å². The molecule has 1 saturated heterocycles. The average molecular weight is 315 g/mol. The summed E-state index contributed by atoms with van der Waals surface area (Å²) in [6.07, 6.45) is 1.54. The van der Waals surface area contributed by atoms with E-state index in [2.05, 4.69) is 5.32 Å². The lowest BCUT2D eigenvalue weighted by Crippen LogP contribution is -2.17. The summed E-state index contributed by atoms with van der Waals surface area (Å²) in [6.45, 7) is 0.217. The molecule has 0 unspecified atom stereocenters. The number of benzene rings is 1. The monoisotopic (exact) mass is 315 g/mol. The molecule has 1 fully saturated rings. The Morgan fingerprint density at radius 1 is 1.09 bits per heavy atom. The molecule has 2 aliphatic rings. The van der Waals surface area contributed by atoms with Crippen LogP contribution < -0.4 is 14.8 Å². The molecule has 7 heteroatoms. The van der Waals surface area contributed by atoms with Crippen molar-refractivity contribution in [2.75, 3.05) is 6.79 Å². The van der Waals surface area contributed by atoms with Crippen molar-refractivity contribution < 1.29 is 23.5 Å². The Hall–Kier alpha value is -2.67. The highest BCUT2D eigenvalue weighted by Crippen LogP contribution is 2.36. The van der Waals surface area contributed by atoms with Crippen LogP contribution >= 0.6 is 11.8 Å². The van der Waals surface area contributed by atoms with Gasteiger partial charge in [0, 0.05) is 11.6 Å². The maximum absolute atomic E-state index is 11.5. The number of amides is 2. The van der Waals surface area contributed by atoms with Gasteiger partial charge in [0.1, 0.15) is 11.5 Å². The van der Waals surface area contributed by atoms with Crippen LogP contribution in [0.2, 0.25) is 0 Å². The zero-order valence-electron chi connectivity index (χ0n) is 11.1. The first kappa shape index (κ1) is 13.0. The smallest absolute Gasteiger partial charge is 0.290 e. The number of ether oxygens (including phenoxy) is 2. The number of furan rings is 1. The number of carbonyl (C=O) groups is 2. The van der Waals surface area contributed by atoms with Crippen LogP contribution in [-0.2, 0) is 4.79 Å². The van der Waals surface area contributed by atoms with E-state index in [4.69, 9.17) is 13.9 Å². The summed E-state index contributed by atoms with van der Waals surface area (Å²) >= 11 is 0.855. The second-order valence-corrected chi connectivity index (χ2v) is 5.64. The molecule has 6 nitrogen and oxygen atoms in total. The lowest BCUT2D eigenvalue weighted by molar-refractivity contribution is -0.115. The Morgan fingerprint density at radius 2 is 1.95 bits per heavy atom. The highest BCUT2D eigenvalue weighted by molar-refractivity contribution is 8.18. The topological polar surface area (TPSA) is 77.8 Å². The lowest BCUT2D eigenvalue weighted by Gasteiger charge is -1.99. The maximum atomic E-state index is 11.5. The Kier molecular flexibility index (Phi) is 2.93. The van der Waals surface area contributed by atoms with Crippen LogP contribution in [0.4, 0.5) is 4.79 Å². The first-order valence-corrected chi connectivity index (χ1v) is 7.25. The van der Waals surface area contributed by atoms with E-state index in [0.717, 1.165) is 17.3 Å². The number of thioether (sulfide) groups is 1. The zero-order chi connectivity index (χ0) is 15.1. The molecule has 1 aromatic heterocycles. The number of fused-ring (bicyclic) bond motifs is 1. The minimum atomic E-state index is -0.406. The highest BCUT2D eigenvalue weighted by Gasteiger charge is 2.25. The number of hydrogen-bond donors (Lipinski definition) is 1. The molecule has 3 heterocycles. The van der Waals surface area contributed by atoms with E-state index in [9.17, 15) is 9.59 Å². The quantitative estimate of drug-likeness (QED) is 0.858. The molecule has 2 aliphatic heterocycles. The van der Waals surface area contributed by atoms with Crippen LogP contribution in [0, 0.1) is 0 Å². The van der Waals surface area contributed by atoms with Crippen LogP contribution in [0.1, 0.15) is 5.76 Å². The predicted molar refractivity (Wildman–Crippen MR) is 79.4 cm³/mol. The van der Waals surface area contributed by atoms with Crippen LogP contribution in [0.25, 0.3) is 17.4 Å². The molecule has 110 valence electrons. The van der Waals surface area contributed by atoms with Gasteiger partial charge in [0.25, 0.3) is 11.1 Å². The fraction of sp³-hybridized carbons (Fsp3) is 0.0667. The molecule has 0 spiro atoms. The summed E-state index contributed by atoms with van der Waals surface area (Å²) in [7, 11) is 0. The van der Waals surface area contributed by atoms with E-state index in [0.29, 0.717) is 27.9 Å². The zero-order valence-corrected chi connectivity index (χ0v) is 11.9. The SMILES string of the molecule is O=C1NC(=O)/C(=C\c2ccc(-c3ccc4c(c3)OCO4)o2)S1. The Balaban J connectivity index is 1.63. The highest BCUT2D eigenvalue weighted by atomic mass is 32.2. The summed E-state index contributed by atoms with van der Waals surface area (Å²) in [5.41, 5.74) is 0.841. The van der Waals surface area contributed by atoms with Crippen molar-refractivity contribution in [1.29, 1.82) is 0 Å². The van der Waals surface area contributed by atoms with Gasteiger partial charge in [-0.05, 0) is 42.1 Å². The fourth-order valence-electron chi connectivity index (χ4n) is 2.19. The Bertz CT molecular complexity index is 823. The van der Waals surface area contributed by atoms with Gasteiger partial charge in [-0.1, -0.05) is 0 Å². The van der Waals surface area contributed by atoms with E-state index in [1.165, 1.54) is 0 Å². The molecule has 4 rings (SSSR count). The lowest BCUT2D eigenvalue weighted by atomic mass is 10.1. The van der Waals surface area contributed by atoms with Gasteiger partial charge in [0.2, 0.25) is 6.79 Å². The first-order chi connectivity index (χ1) is 10.7. The van der Waals surface area contributed by atoms with E-state index >= 15 is 0 Å². The van der Waals surface area contributed by atoms with E-state index < -0.39 is 5.91 Å². The largest absolute Gasteiger partial charge is 0.457 e. The third-order valence-corrected chi connectivity index (χ3v) is 4.01. The van der Waals surface area contributed by atoms with Crippen molar-refractivity contribution in [3.05, 3.63) is 41.0 Å². The van der Waals surface area contributed by atoms with Crippen molar-refractivity contribution in [1.82, 2.24) is 5.32 Å². The molecule has 0 aliphatic carbocycles. The van der Waals surface area contributed by atoms with Crippen molar-refractivity contribution >= 4 is 29.0 Å². The third-order valence-electron chi connectivity index (χ3n) is 3.20. The van der Waals surface area contributed by atoms with E-state index in [1.54, 1.807) is 18.2 Å². The first-order valence-electron chi connectivity index (χ1n) is 6.44. The maximum Gasteiger partial charge on any atom is 0.290 e. The van der Waals surface area contributed by atoms with Gasteiger partial charge in [-0.25, -0.2) is 0 Å². The fourth-order valence-corrected chi connectivity index (χ4v) is 2.85. The molecule has 0 saturated carbocycles. The standard InChI is InChI=1S/C15H9NO5S/c17-14-13(22-15(18)16-14)6-9-2-4-10(21-9)8-1-3-11-12(5-8)20-7-19-11/h1-6H,7H2,(H,16,17,18)/b13-6+. The molecular formula is C15H9NO5S. The number of carbonyl (C=O) groups excluding carboxylic acids is 2.